The van der Waals surface area contributed by atoms with Gasteiger partial charge in [-0.25, -0.2) is 0 Å². The number of ether oxygens (including phenoxy) is 1. The molecular weight excluding hydrogens is 582 g/mol. The first-order valence-electron chi connectivity index (χ1n) is 9.64. The third kappa shape index (κ3) is 4.49. The van der Waals surface area contributed by atoms with Gasteiger partial charge in [0, 0.05) is 11.2 Å². The minimum absolute atomic E-state index is 0.0508. The summed E-state index contributed by atoms with van der Waals surface area (Å²) in [6.45, 7) is 0.829. The summed E-state index contributed by atoms with van der Waals surface area (Å²) >= 11 is 7.99. The Bertz CT molecular complexity index is 1160. The summed E-state index contributed by atoms with van der Waals surface area (Å²) in [4.78, 5) is 0. The van der Waals surface area contributed by atoms with Crippen LogP contribution in [0.5, 0.6) is 0 Å². The predicted octanol–water partition coefficient (Wildman–Crippen LogP) is 2.44. The third-order valence-electron chi connectivity index (χ3n) is 5.38. The smallest absolute Gasteiger partial charge is 0.394 e. The van der Waals surface area contributed by atoms with Gasteiger partial charge in [-0.2, -0.15) is 18.3 Å². The molecule has 0 saturated carbocycles. The van der Waals surface area contributed by atoms with Crippen LogP contribution in [0.4, 0.5) is 13.2 Å². The topological polar surface area (TPSA) is 118 Å². The monoisotopic (exact) mass is 599 g/mol. The molecular formula is C19H18ClF3IN5O4. The quantitative estimate of drug-likeness (QED) is 0.395. The first-order chi connectivity index (χ1) is 15.5. The van der Waals surface area contributed by atoms with Crippen LogP contribution in [-0.2, 0) is 10.9 Å². The van der Waals surface area contributed by atoms with Gasteiger partial charge in [0.15, 0.2) is 5.82 Å². The zero-order chi connectivity index (χ0) is 24.1. The van der Waals surface area contributed by atoms with E-state index in [-0.39, 0.29) is 22.4 Å². The van der Waals surface area contributed by atoms with Gasteiger partial charge in [-0.05, 0) is 47.7 Å². The van der Waals surface area contributed by atoms with Crippen molar-refractivity contribution in [3.8, 4) is 5.69 Å². The van der Waals surface area contributed by atoms with E-state index in [1.165, 1.54) is 17.8 Å². The lowest BCUT2D eigenvalue weighted by molar-refractivity contribution is -0.210. The fraction of sp³-hybridized carbons (Fsp3) is 0.421. The highest BCUT2D eigenvalue weighted by atomic mass is 127. The van der Waals surface area contributed by atoms with Crippen LogP contribution < -0.4 is 0 Å². The van der Waals surface area contributed by atoms with E-state index >= 15 is 0 Å². The summed E-state index contributed by atoms with van der Waals surface area (Å²) < 4.78 is 50.1. The molecule has 0 spiro atoms. The van der Waals surface area contributed by atoms with Gasteiger partial charge in [0.05, 0.1) is 27.6 Å². The number of aryl methyl sites for hydroxylation is 1. The zero-order valence-electron chi connectivity index (χ0n) is 16.9. The zero-order valence-corrected chi connectivity index (χ0v) is 19.8. The van der Waals surface area contributed by atoms with Gasteiger partial charge < -0.3 is 20.1 Å². The van der Waals surface area contributed by atoms with Crippen molar-refractivity contribution in [1.29, 1.82) is 0 Å². The molecule has 1 aliphatic rings. The molecule has 3 aromatic rings. The summed E-state index contributed by atoms with van der Waals surface area (Å²) in [5.41, 5.74) is -1.33. The minimum atomic E-state index is -4.71. The van der Waals surface area contributed by atoms with Crippen LogP contribution >= 0.6 is 34.2 Å². The maximum absolute atomic E-state index is 13.8. The van der Waals surface area contributed by atoms with Crippen molar-refractivity contribution < 1.29 is 33.2 Å². The number of benzene rings is 1. The molecule has 0 bridgehead atoms. The highest BCUT2D eigenvalue weighted by molar-refractivity contribution is 14.1. The highest BCUT2D eigenvalue weighted by Gasteiger charge is 2.48. The number of aliphatic hydroxyl groups excluding tert-OH is 3. The number of aliphatic hydroxyl groups is 3. The average molecular weight is 600 g/mol. The number of alkyl halides is 3. The van der Waals surface area contributed by atoms with E-state index in [9.17, 15) is 28.5 Å². The molecule has 3 N–H and O–H groups in total. The Kier molecular flexibility index (Phi) is 6.72. The van der Waals surface area contributed by atoms with Crippen LogP contribution in [0.25, 0.3) is 5.69 Å². The van der Waals surface area contributed by atoms with Crippen molar-refractivity contribution in [2.24, 2.45) is 0 Å². The van der Waals surface area contributed by atoms with E-state index in [2.05, 4.69) is 15.3 Å². The minimum Gasteiger partial charge on any atom is -0.394 e. The second-order valence-corrected chi connectivity index (χ2v) is 9.17. The van der Waals surface area contributed by atoms with Crippen molar-refractivity contribution in [1.82, 2.24) is 24.5 Å². The molecule has 2 aromatic heterocycles. The molecule has 33 heavy (non-hydrogen) atoms. The third-order valence-corrected chi connectivity index (χ3v) is 6.17. The van der Waals surface area contributed by atoms with Crippen molar-refractivity contribution in [2.75, 3.05) is 6.61 Å². The largest absolute Gasteiger partial charge is 0.418 e. The van der Waals surface area contributed by atoms with Crippen molar-refractivity contribution in [3.05, 3.63) is 56.4 Å². The summed E-state index contributed by atoms with van der Waals surface area (Å²) in [6, 6.07) is 2.00. The molecule has 3 heterocycles. The average Bonchev–Trinajstić information content (AvgIpc) is 3.33. The molecule has 4 rings (SSSR count). The Morgan fingerprint density at radius 3 is 2.55 bits per heavy atom. The van der Waals surface area contributed by atoms with Gasteiger partial charge in [-0.1, -0.05) is 11.6 Å². The highest BCUT2D eigenvalue weighted by Crippen LogP contribution is 2.41. The van der Waals surface area contributed by atoms with Gasteiger partial charge in [0.25, 0.3) is 0 Å². The van der Waals surface area contributed by atoms with Gasteiger partial charge >= 0.3 is 6.18 Å². The summed E-state index contributed by atoms with van der Waals surface area (Å²) in [6.07, 6.45) is -7.00. The summed E-state index contributed by atoms with van der Waals surface area (Å²) in [5, 5.41) is 43.6. The molecule has 2 unspecified atom stereocenters. The summed E-state index contributed by atoms with van der Waals surface area (Å²) in [5.74, 6) is -0.0598. The van der Waals surface area contributed by atoms with E-state index in [0.717, 1.165) is 26.3 Å². The van der Waals surface area contributed by atoms with Gasteiger partial charge in [-0.3, -0.25) is 9.25 Å². The molecule has 14 heteroatoms. The van der Waals surface area contributed by atoms with Crippen LogP contribution in [0.1, 0.15) is 29.4 Å². The van der Waals surface area contributed by atoms with Gasteiger partial charge in [0.2, 0.25) is 0 Å². The maximum atomic E-state index is 13.8. The van der Waals surface area contributed by atoms with Crippen molar-refractivity contribution in [3.63, 3.8) is 0 Å². The van der Waals surface area contributed by atoms with Crippen molar-refractivity contribution >= 4 is 34.2 Å². The number of hydrogen-bond acceptors (Lipinski definition) is 7. The second kappa shape index (κ2) is 9.11. The van der Waals surface area contributed by atoms with E-state index in [4.69, 9.17) is 16.3 Å². The number of rotatable bonds is 4. The SMILES string of the molecule is Cc1nnc([C@@H]2OC(CO)[C@H](O)[C@H](n3cc(I)cn3)C2O)n1-c1cc(Cl)ccc1C(F)(F)F. The van der Waals surface area contributed by atoms with E-state index < -0.39 is 48.8 Å². The van der Waals surface area contributed by atoms with Crippen LogP contribution in [0.3, 0.4) is 0 Å². The molecule has 1 fully saturated rings. The van der Waals surface area contributed by atoms with Crippen LogP contribution in [0.2, 0.25) is 5.02 Å². The maximum Gasteiger partial charge on any atom is 0.418 e. The fourth-order valence-electron chi connectivity index (χ4n) is 3.90. The normalized spacial score (nSPS) is 26.0. The molecule has 0 radical (unpaired) electrons. The first kappa shape index (κ1) is 24.3. The first-order valence-corrected chi connectivity index (χ1v) is 11.1. The van der Waals surface area contributed by atoms with Crippen LogP contribution in [0, 0.1) is 10.5 Å². The lowest BCUT2D eigenvalue weighted by atomic mass is 9.92. The Morgan fingerprint density at radius 2 is 1.94 bits per heavy atom. The van der Waals surface area contributed by atoms with Gasteiger partial charge in [-0.15, -0.1) is 10.2 Å². The number of hydrogen-bond donors (Lipinski definition) is 3. The Hall–Kier alpha value is -1.78. The number of nitrogens with zero attached hydrogens (tertiary/aromatic N) is 5. The standard InChI is InChI=1S/C19H18ClF3IN5O4/c1-8-26-27-18(29(8)12-4-9(20)2-3-11(12)19(21,22)23)17-16(32)14(15(31)13(7-30)33-17)28-6-10(24)5-25-28/h2-6,13-17,30-32H,7H2,1H3/t13?,14-,15-,16?,17+/m0/s1. The number of aromatic nitrogens is 5. The molecule has 5 atom stereocenters. The van der Waals surface area contributed by atoms with Crippen molar-refractivity contribution in [2.45, 2.75) is 43.6 Å². The molecule has 0 aliphatic carbocycles. The molecule has 9 nitrogen and oxygen atoms in total. The van der Waals surface area contributed by atoms with Crippen LogP contribution in [0.15, 0.2) is 30.6 Å². The second-order valence-electron chi connectivity index (χ2n) is 7.49. The van der Waals surface area contributed by atoms with Gasteiger partial charge in [0.1, 0.15) is 36.3 Å². The molecule has 178 valence electrons. The summed E-state index contributed by atoms with van der Waals surface area (Å²) in [7, 11) is 0. The molecule has 1 saturated heterocycles. The molecule has 1 aliphatic heterocycles. The Labute approximate surface area is 203 Å². The lowest BCUT2D eigenvalue weighted by Gasteiger charge is -2.42. The molecule has 0 amide bonds. The van der Waals surface area contributed by atoms with E-state index in [1.54, 1.807) is 6.20 Å². The Balaban J connectivity index is 1.85. The van der Waals surface area contributed by atoms with Crippen LogP contribution in [-0.4, -0.2) is 64.8 Å². The van der Waals surface area contributed by atoms with E-state index in [1.807, 2.05) is 22.6 Å². The molecule has 1 aromatic carbocycles. The predicted molar refractivity (Wildman–Crippen MR) is 117 cm³/mol. The fourth-order valence-corrected chi connectivity index (χ4v) is 4.47. The lowest BCUT2D eigenvalue weighted by Crippen LogP contribution is -2.53. The Morgan fingerprint density at radius 1 is 1.21 bits per heavy atom. The number of halogens is 5. The van der Waals surface area contributed by atoms with E-state index in [0.29, 0.717) is 0 Å².